The molecule has 1 saturated heterocycles. The van der Waals surface area contributed by atoms with Crippen LogP contribution in [0.15, 0.2) is 42.5 Å². The number of carbonyl (C=O) groups is 2. The smallest absolute Gasteiger partial charge is 0.220 e. The lowest BCUT2D eigenvalue weighted by Gasteiger charge is -2.30. The minimum atomic E-state index is -0.348. The van der Waals surface area contributed by atoms with Crippen LogP contribution >= 0.6 is 0 Å². The summed E-state index contributed by atoms with van der Waals surface area (Å²) in [6.07, 6.45) is 4.12. The van der Waals surface area contributed by atoms with E-state index in [-0.39, 0.29) is 23.5 Å². The number of rotatable bonds is 10. The monoisotopic (exact) mass is 396 g/mol. The van der Waals surface area contributed by atoms with Crippen molar-refractivity contribution in [3.05, 3.63) is 48.0 Å². The minimum absolute atomic E-state index is 0.0352. The molecule has 0 radical (unpaired) electrons. The van der Waals surface area contributed by atoms with E-state index < -0.39 is 0 Å². The summed E-state index contributed by atoms with van der Waals surface area (Å²) < 4.78 is 5.50. The standard InChI is InChI=1S/C24H32N2O3/c1-18(2)29-16-6-15-25-22(27)11-13-24(14-12-23(28)26-24)17-20-9-5-8-19-7-3-4-10-21(19)20/h3-5,7-10,18H,6,11-17H2,1-2H3,(H,25,27)(H,26,28). The van der Waals surface area contributed by atoms with E-state index in [1.807, 2.05) is 26.0 Å². The molecule has 0 aliphatic carbocycles. The Morgan fingerprint density at radius 2 is 2.00 bits per heavy atom. The maximum absolute atomic E-state index is 12.3. The topological polar surface area (TPSA) is 67.4 Å². The number of carbonyl (C=O) groups excluding carboxylic acids is 2. The number of fused-ring (bicyclic) bond motifs is 1. The van der Waals surface area contributed by atoms with E-state index in [0.717, 1.165) is 19.3 Å². The molecular formula is C24H32N2O3. The normalized spacial score (nSPS) is 18.9. The molecule has 2 amide bonds. The van der Waals surface area contributed by atoms with Crippen LogP contribution in [-0.2, 0) is 20.7 Å². The zero-order chi connectivity index (χ0) is 20.7. The van der Waals surface area contributed by atoms with Crippen LogP contribution in [0.25, 0.3) is 10.8 Å². The highest BCUT2D eigenvalue weighted by atomic mass is 16.5. The number of hydrogen-bond acceptors (Lipinski definition) is 3. The summed E-state index contributed by atoms with van der Waals surface area (Å²) in [5, 5.41) is 8.57. The minimum Gasteiger partial charge on any atom is -0.379 e. The Balaban J connectivity index is 1.59. The quantitative estimate of drug-likeness (QED) is 0.601. The van der Waals surface area contributed by atoms with E-state index in [1.165, 1.54) is 16.3 Å². The van der Waals surface area contributed by atoms with Gasteiger partial charge in [0.2, 0.25) is 11.8 Å². The van der Waals surface area contributed by atoms with Gasteiger partial charge in [0, 0.05) is 31.5 Å². The number of amides is 2. The summed E-state index contributed by atoms with van der Waals surface area (Å²) in [4.78, 5) is 24.4. The van der Waals surface area contributed by atoms with Crippen molar-refractivity contribution in [3.63, 3.8) is 0 Å². The Morgan fingerprint density at radius 1 is 1.21 bits per heavy atom. The molecule has 0 spiro atoms. The molecule has 1 aliphatic rings. The Morgan fingerprint density at radius 3 is 2.76 bits per heavy atom. The fraction of sp³-hybridized carbons (Fsp3) is 0.500. The Bertz CT molecular complexity index is 844. The van der Waals surface area contributed by atoms with Crippen molar-refractivity contribution in [2.45, 2.75) is 64.0 Å². The van der Waals surface area contributed by atoms with Crippen LogP contribution in [-0.4, -0.2) is 36.6 Å². The second-order valence-corrected chi connectivity index (χ2v) is 8.27. The molecule has 1 heterocycles. The first-order valence-electron chi connectivity index (χ1n) is 10.6. The molecule has 0 saturated carbocycles. The number of ether oxygens (including phenoxy) is 1. The maximum atomic E-state index is 12.3. The highest BCUT2D eigenvalue weighted by Gasteiger charge is 2.38. The van der Waals surface area contributed by atoms with Crippen LogP contribution in [0.2, 0.25) is 0 Å². The van der Waals surface area contributed by atoms with Crippen molar-refractivity contribution >= 4 is 22.6 Å². The number of nitrogens with one attached hydrogen (secondary N) is 2. The third kappa shape index (κ3) is 6.04. The van der Waals surface area contributed by atoms with Crippen LogP contribution in [0.3, 0.4) is 0 Å². The van der Waals surface area contributed by atoms with Crippen molar-refractivity contribution in [1.29, 1.82) is 0 Å². The summed E-state index contributed by atoms with van der Waals surface area (Å²) in [5.41, 5.74) is 0.871. The Hall–Kier alpha value is -2.40. The highest BCUT2D eigenvalue weighted by molar-refractivity contribution is 5.86. The summed E-state index contributed by atoms with van der Waals surface area (Å²) >= 11 is 0. The maximum Gasteiger partial charge on any atom is 0.220 e. The first-order valence-corrected chi connectivity index (χ1v) is 10.6. The summed E-state index contributed by atoms with van der Waals surface area (Å²) in [5.74, 6) is 0.115. The van der Waals surface area contributed by atoms with Gasteiger partial charge in [-0.1, -0.05) is 42.5 Å². The molecular weight excluding hydrogens is 364 g/mol. The van der Waals surface area contributed by atoms with Crippen molar-refractivity contribution in [3.8, 4) is 0 Å². The average Bonchev–Trinajstić information content (AvgIpc) is 3.07. The van der Waals surface area contributed by atoms with Gasteiger partial charge in [-0.2, -0.15) is 0 Å². The molecule has 1 aliphatic heterocycles. The van der Waals surface area contributed by atoms with Gasteiger partial charge < -0.3 is 15.4 Å². The molecule has 0 bridgehead atoms. The Kier molecular flexibility index (Phi) is 7.26. The molecule has 5 heteroatoms. The number of hydrogen-bond donors (Lipinski definition) is 2. The van der Waals surface area contributed by atoms with E-state index in [2.05, 4.69) is 41.0 Å². The molecule has 1 atom stereocenters. The van der Waals surface area contributed by atoms with Crippen molar-refractivity contribution < 1.29 is 14.3 Å². The van der Waals surface area contributed by atoms with Gasteiger partial charge in [-0.3, -0.25) is 9.59 Å². The van der Waals surface area contributed by atoms with E-state index in [9.17, 15) is 9.59 Å². The van der Waals surface area contributed by atoms with Gasteiger partial charge in [-0.15, -0.1) is 0 Å². The zero-order valence-corrected chi connectivity index (χ0v) is 17.5. The first kappa shape index (κ1) is 21.3. The van der Waals surface area contributed by atoms with Crippen molar-refractivity contribution in [1.82, 2.24) is 10.6 Å². The van der Waals surface area contributed by atoms with Gasteiger partial charge in [-0.25, -0.2) is 0 Å². The average molecular weight is 397 g/mol. The summed E-state index contributed by atoms with van der Waals surface area (Å²) in [6, 6.07) is 14.6. The molecule has 2 aromatic rings. The summed E-state index contributed by atoms with van der Waals surface area (Å²) in [6.45, 7) is 5.28. The van der Waals surface area contributed by atoms with E-state index in [4.69, 9.17) is 4.74 Å². The van der Waals surface area contributed by atoms with Crippen LogP contribution in [0, 0.1) is 0 Å². The van der Waals surface area contributed by atoms with E-state index in [1.54, 1.807) is 0 Å². The molecule has 3 rings (SSSR count). The lowest BCUT2D eigenvalue weighted by molar-refractivity contribution is -0.122. The van der Waals surface area contributed by atoms with Gasteiger partial charge in [0.05, 0.1) is 6.10 Å². The first-order chi connectivity index (χ1) is 14.0. The fourth-order valence-corrected chi connectivity index (χ4v) is 4.05. The molecule has 1 fully saturated rings. The van der Waals surface area contributed by atoms with Crippen molar-refractivity contribution in [2.75, 3.05) is 13.2 Å². The van der Waals surface area contributed by atoms with Crippen LogP contribution in [0.5, 0.6) is 0 Å². The van der Waals surface area contributed by atoms with Crippen LogP contribution in [0.1, 0.15) is 51.5 Å². The zero-order valence-electron chi connectivity index (χ0n) is 17.5. The molecule has 156 valence electrons. The van der Waals surface area contributed by atoms with Crippen molar-refractivity contribution in [2.24, 2.45) is 0 Å². The van der Waals surface area contributed by atoms with E-state index >= 15 is 0 Å². The SMILES string of the molecule is CC(C)OCCCNC(=O)CCC1(Cc2cccc3ccccc23)CCC(=O)N1. The van der Waals surface area contributed by atoms with E-state index in [0.29, 0.717) is 32.4 Å². The highest BCUT2D eigenvalue weighted by Crippen LogP contribution is 2.32. The largest absolute Gasteiger partial charge is 0.379 e. The lowest BCUT2D eigenvalue weighted by atomic mass is 9.83. The summed E-state index contributed by atoms with van der Waals surface area (Å²) in [7, 11) is 0. The van der Waals surface area contributed by atoms with Gasteiger partial charge >= 0.3 is 0 Å². The van der Waals surface area contributed by atoms with Gasteiger partial charge in [0.1, 0.15) is 0 Å². The molecule has 2 N–H and O–H groups in total. The molecule has 1 unspecified atom stereocenters. The molecule has 5 nitrogen and oxygen atoms in total. The Labute approximate surface area is 173 Å². The fourth-order valence-electron chi connectivity index (χ4n) is 4.05. The van der Waals surface area contributed by atoms with Gasteiger partial charge in [0.15, 0.2) is 0 Å². The van der Waals surface area contributed by atoms with Crippen LogP contribution in [0.4, 0.5) is 0 Å². The molecule has 29 heavy (non-hydrogen) atoms. The third-order valence-corrected chi connectivity index (χ3v) is 5.57. The molecule has 2 aromatic carbocycles. The van der Waals surface area contributed by atoms with Gasteiger partial charge in [0.25, 0.3) is 0 Å². The second-order valence-electron chi connectivity index (χ2n) is 8.27. The predicted molar refractivity (Wildman–Crippen MR) is 116 cm³/mol. The predicted octanol–water partition coefficient (Wildman–Crippen LogP) is 3.74. The third-order valence-electron chi connectivity index (χ3n) is 5.57. The lowest BCUT2D eigenvalue weighted by Crippen LogP contribution is -2.44. The second kappa shape index (κ2) is 9.88. The number of benzene rings is 2. The van der Waals surface area contributed by atoms with Gasteiger partial charge in [-0.05, 0) is 55.9 Å². The van der Waals surface area contributed by atoms with Crippen LogP contribution < -0.4 is 10.6 Å². The molecule has 0 aromatic heterocycles.